The van der Waals surface area contributed by atoms with E-state index in [0.29, 0.717) is 0 Å². The lowest BCUT2D eigenvalue weighted by Gasteiger charge is -2.33. The largest absolute Gasteiger partial charge is 0.357 e. The van der Waals surface area contributed by atoms with Crippen LogP contribution in [0.5, 0.6) is 0 Å². The van der Waals surface area contributed by atoms with Crippen molar-refractivity contribution in [3.63, 3.8) is 0 Å². The molecular formula is C22H29N3O. The van der Waals surface area contributed by atoms with Crippen LogP contribution in [0.1, 0.15) is 42.6 Å². The molecule has 1 aliphatic rings. The van der Waals surface area contributed by atoms with E-state index >= 15 is 0 Å². The molecule has 4 heteroatoms. The minimum atomic E-state index is 0.0950. The predicted octanol–water partition coefficient (Wildman–Crippen LogP) is 4.02. The van der Waals surface area contributed by atoms with Gasteiger partial charge in [-0.2, -0.15) is 0 Å². The summed E-state index contributed by atoms with van der Waals surface area (Å²) in [5.41, 5.74) is 2.17. The maximum atomic E-state index is 12.6. The van der Waals surface area contributed by atoms with Crippen molar-refractivity contribution < 1.29 is 4.79 Å². The maximum Gasteiger partial charge on any atom is 0.254 e. The van der Waals surface area contributed by atoms with Gasteiger partial charge in [0.15, 0.2) is 0 Å². The number of piperidine rings is 1. The Hall–Kier alpha value is -2.36. The average Bonchev–Trinajstić information content (AvgIpc) is 2.70. The van der Waals surface area contributed by atoms with Gasteiger partial charge in [0.25, 0.3) is 5.91 Å². The number of aromatic nitrogens is 1. The standard InChI is InChI=1S/C22H29N3O/c1-3-24(4-2)22(26)20-10-13-23-21(17-20)25-14-11-19(12-15-25)16-18-8-6-5-7-9-18/h5-10,13,17,19H,3-4,11-12,14-16H2,1-2H3. The van der Waals surface area contributed by atoms with Crippen LogP contribution in [-0.4, -0.2) is 42.0 Å². The summed E-state index contributed by atoms with van der Waals surface area (Å²) >= 11 is 0. The number of benzene rings is 1. The van der Waals surface area contributed by atoms with Crippen molar-refractivity contribution in [1.82, 2.24) is 9.88 Å². The Labute approximate surface area is 156 Å². The highest BCUT2D eigenvalue weighted by molar-refractivity contribution is 5.94. The number of amides is 1. The lowest BCUT2D eigenvalue weighted by Crippen LogP contribution is -2.35. The molecule has 0 bridgehead atoms. The van der Waals surface area contributed by atoms with Crippen molar-refractivity contribution in [2.75, 3.05) is 31.1 Å². The Morgan fingerprint density at radius 2 is 1.81 bits per heavy atom. The Bertz CT molecular complexity index is 704. The van der Waals surface area contributed by atoms with Crippen LogP contribution in [0, 0.1) is 5.92 Å². The molecule has 138 valence electrons. The summed E-state index contributed by atoms with van der Waals surface area (Å²) in [6.45, 7) is 7.51. The van der Waals surface area contributed by atoms with Gasteiger partial charge in [-0.25, -0.2) is 4.98 Å². The highest BCUT2D eigenvalue weighted by atomic mass is 16.2. The molecule has 1 aliphatic heterocycles. The molecule has 0 atom stereocenters. The molecule has 1 fully saturated rings. The van der Waals surface area contributed by atoms with Crippen LogP contribution < -0.4 is 4.90 Å². The predicted molar refractivity (Wildman–Crippen MR) is 107 cm³/mol. The van der Waals surface area contributed by atoms with Crippen LogP contribution in [0.2, 0.25) is 0 Å². The summed E-state index contributed by atoms with van der Waals surface area (Å²) in [7, 11) is 0. The molecule has 2 aromatic rings. The first-order chi connectivity index (χ1) is 12.7. The smallest absolute Gasteiger partial charge is 0.254 e. The van der Waals surface area contributed by atoms with Crippen LogP contribution >= 0.6 is 0 Å². The maximum absolute atomic E-state index is 12.6. The molecule has 1 amide bonds. The number of hydrogen-bond acceptors (Lipinski definition) is 3. The summed E-state index contributed by atoms with van der Waals surface area (Å²) in [6.07, 6.45) is 5.26. The van der Waals surface area contributed by atoms with Crippen LogP contribution in [0.25, 0.3) is 0 Å². The van der Waals surface area contributed by atoms with Gasteiger partial charge in [0.05, 0.1) is 0 Å². The van der Waals surface area contributed by atoms with E-state index in [4.69, 9.17) is 0 Å². The van der Waals surface area contributed by atoms with E-state index in [1.165, 1.54) is 18.4 Å². The van der Waals surface area contributed by atoms with E-state index in [2.05, 4.69) is 40.2 Å². The lowest BCUT2D eigenvalue weighted by molar-refractivity contribution is 0.0773. The molecule has 26 heavy (non-hydrogen) atoms. The molecule has 0 radical (unpaired) electrons. The minimum Gasteiger partial charge on any atom is -0.357 e. The number of hydrogen-bond donors (Lipinski definition) is 0. The van der Waals surface area contributed by atoms with Gasteiger partial charge in [-0.05, 0) is 56.7 Å². The van der Waals surface area contributed by atoms with Gasteiger partial charge in [0.2, 0.25) is 0 Å². The van der Waals surface area contributed by atoms with Crippen molar-refractivity contribution in [3.05, 3.63) is 59.8 Å². The van der Waals surface area contributed by atoms with Gasteiger partial charge >= 0.3 is 0 Å². The van der Waals surface area contributed by atoms with Crippen molar-refractivity contribution in [3.8, 4) is 0 Å². The molecule has 1 aromatic heterocycles. The Morgan fingerprint density at radius 3 is 2.46 bits per heavy atom. The summed E-state index contributed by atoms with van der Waals surface area (Å²) in [5.74, 6) is 1.76. The van der Waals surface area contributed by atoms with E-state index in [1.54, 1.807) is 6.20 Å². The zero-order chi connectivity index (χ0) is 18.4. The lowest BCUT2D eigenvalue weighted by atomic mass is 9.90. The fourth-order valence-corrected chi connectivity index (χ4v) is 3.73. The Balaban J connectivity index is 1.61. The zero-order valence-corrected chi connectivity index (χ0v) is 15.9. The second-order valence-electron chi connectivity index (χ2n) is 7.00. The van der Waals surface area contributed by atoms with Crippen molar-refractivity contribution in [1.29, 1.82) is 0 Å². The summed E-state index contributed by atoms with van der Waals surface area (Å²) in [6, 6.07) is 14.5. The topological polar surface area (TPSA) is 36.4 Å². The molecule has 0 unspecified atom stereocenters. The Kier molecular flexibility index (Phi) is 6.26. The highest BCUT2D eigenvalue weighted by Crippen LogP contribution is 2.25. The van der Waals surface area contributed by atoms with Gasteiger partial charge < -0.3 is 9.80 Å². The number of carbonyl (C=O) groups excluding carboxylic acids is 1. The normalized spacial score (nSPS) is 15.1. The molecule has 2 heterocycles. The average molecular weight is 351 g/mol. The minimum absolute atomic E-state index is 0.0950. The van der Waals surface area contributed by atoms with Gasteiger partial charge in [-0.3, -0.25) is 4.79 Å². The quantitative estimate of drug-likeness (QED) is 0.788. The van der Waals surface area contributed by atoms with Crippen LogP contribution in [0.15, 0.2) is 48.7 Å². The fraction of sp³-hybridized carbons (Fsp3) is 0.455. The van der Waals surface area contributed by atoms with Crippen molar-refractivity contribution in [2.24, 2.45) is 5.92 Å². The molecule has 1 saturated heterocycles. The van der Waals surface area contributed by atoms with E-state index < -0.39 is 0 Å². The molecular weight excluding hydrogens is 322 g/mol. The number of pyridine rings is 1. The molecule has 3 rings (SSSR count). The van der Waals surface area contributed by atoms with Gasteiger partial charge in [0.1, 0.15) is 5.82 Å². The van der Waals surface area contributed by atoms with E-state index in [-0.39, 0.29) is 5.91 Å². The molecule has 0 aliphatic carbocycles. The second kappa shape index (κ2) is 8.84. The van der Waals surface area contributed by atoms with E-state index in [0.717, 1.165) is 49.9 Å². The molecule has 0 spiro atoms. The van der Waals surface area contributed by atoms with Crippen LogP contribution in [0.3, 0.4) is 0 Å². The number of rotatable bonds is 6. The van der Waals surface area contributed by atoms with Gasteiger partial charge in [-0.15, -0.1) is 0 Å². The Morgan fingerprint density at radius 1 is 1.12 bits per heavy atom. The van der Waals surface area contributed by atoms with Crippen molar-refractivity contribution >= 4 is 11.7 Å². The summed E-state index contributed by atoms with van der Waals surface area (Å²) < 4.78 is 0. The van der Waals surface area contributed by atoms with Crippen molar-refractivity contribution in [2.45, 2.75) is 33.1 Å². The fourth-order valence-electron chi connectivity index (χ4n) is 3.73. The number of nitrogens with zero attached hydrogens (tertiary/aromatic N) is 3. The zero-order valence-electron chi connectivity index (χ0n) is 15.9. The second-order valence-corrected chi connectivity index (χ2v) is 7.00. The molecule has 0 N–H and O–H groups in total. The molecule has 0 saturated carbocycles. The first kappa shape index (κ1) is 18.4. The first-order valence-electron chi connectivity index (χ1n) is 9.75. The highest BCUT2D eigenvalue weighted by Gasteiger charge is 2.21. The number of carbonyl (C=O) groups is 1. The third-order valence-electron chi connectivity index (χ3n) is 5.35. The summed E-state index contributed by atoms with van der Waals surface area (Å²) in [5, 5.41) is 0. The monoisotopic (exact) mass is 351 g/mol. The molecule has 1 aromatic carbocycles. The first-order valence-corrected chi connectivity index (χ1v) is 9.75. The number of anilines is 1. The van der Waals surface area contributed by atoms with Crippen LogP contribution in [-0.2, 0) is 6.42 Å². The molecule has 4 nitrogen and oxygen atoms in total. The third-order valence-corrected chi connectivity index (χ3v) is 5.35. The van der Waals surface area contributed by atoms with Gasteiger partial charge in [0, 0.05) is 37.9 Å². The third kappa shape index (κ3) is 4.43. The van der Waals surface area contributed by atoms with Crippen LogP contribution in [0.4, 0.5) is 5.82 Å². The van der Waals surface area contributed by atoms with E-state index in [9.17, 15) is 4.79 Å². The van der Waals surface area contributed by atoms with Gasteiger partial charge in [-0.1, -0.05) is 30.3 Å². The SMILES string of the molecule is CCN(CC)C(=O)c1ccnc(N2CCC(Cc3ccccc3)CC2)c1. The van der Waals surface area contributed by atoms with E-state index in [1.807, 2.05) is 30.9 Å². The summed E-state index contributed by atoms with van der Waals surface area (Å²) in [4.78, 5) is 21.3.